The number of hydrogen-bond acceptors (Lipinski definition) is 4. The first-order valence-corrected chi connectivity index (χ1v) is 9.47. The summed E-state index contributed by atoms with van der Waals surface area (Å²) in [5.74, 6) is 2.23. The molecule has 4 rings (SSSR count). The highest BCUT2D eigenvalue weighted by Crippen LogP contribution is 2.40. The first-order valence-electron chi connectivity index (χ1n) is 9.47. The molecule has 1 saturated carbocycles. The molecule has 1 atom stereocenters. The van der Waals surface area contributed by atoms with Crippen LogP contribution in [0.1, 0.15) is 61.0 Å². The SMILES string of the molecule is CCC(NC(=O)N(C)Cc1cc(C2CC2)on1)c1nc2ccc(C)cc2[nH]1. The fourth-order valence-corrected chi connectivity index (χ4v) is 3.21. The van der Waals surface area contributed by atoms with Crippen LogP contribution in [0.5, 0.6) is 0 Å². The lowest BCUT2D eigenvalue weighted by Gasteiger charge is -2.21. The maximum atomic E-state index is 12.6. The maximum absolute atomic E-state index is 12.6. The molecule has 1 unspecified atom stereocenters. The van der Waals surface area contributed by atoms with Crippen LogP contribution in [0.25, 0.3) is 11.0 Å². The van der Waals surface area contributed by atoms with Crippen LogP contribution < -0.4 is 5.32 Å². The van der Waals surface area contributed by atoms with E-state index in [1.807, 2.05) is 32.0 Å². The third-order valence-corrected chi connectivity index (χ3v) is 4.99. The molecular weight excluding hydrogens is 342 g/mol. The number of carbonyl (C=O) groups is 1. The Morgan fingerprint density at radius 3 is 2.96 bits per heavy atom. The van der Waals surface area contributed by atoms with Crippen molar-refractivity contribution in [2.45, 2.75) is 51.6 Å². The molecule has 2 N–H and O–H groups in total. The van der Waals surface area contributed by atoms with Gasteiger partial charge in [0.05, 0.1) is 23.6 Å². The summed E-state index contributed by atoms with van der Waals surface area (Å²) in [4.78, 5) is 22.2. The summed E-state index contributed by atoms with van der Waals surface area (Å²) < 4.78 is 5.36. The van der Waals surface area contributed by atoms with Crippen LogP contribution in [-0.2, 0) is 6.54 Å². The van der Waals surface area contributed by atoms with Gasteiger partial charge in [0.15, 0.2) is 0 Å². The van der Waals surface area contributed by atoms with E-state index in [1.54, 1.807) is 11.9 Å². The van der Waals surface area contributed by atoms with Crippen molar-refractivity contribution in [2.24, 2.45) is 0 Å². The fraction of sp³-hybridized carbons (Fsp3) is 0.450. The summed E-state index contributed by atoms with van der Waals surface area (Å²) in [6.07, 6.45) is 3.08. The second-order valence-corrected chi connectivity index (χ2v) is 7.40. The number of aromatic nitrogens is 3. The van der Waals surface area contributed by atoms with Gasteiger partial charge in [0.2, 0.25) is 0 Å². The summed E-state index contributed by atoms with van der Waals surface area (Å²) in [6, 6.07) is 7.72. The number of rotatable bonds is 6. The molecule has 1 fully saturated rings. The van der Waals surface area contributed by atoms with Gasteiger partial charge in [0.1, 0.15) is 17.3 Å². The standard InChI is InChI=1S/C20H25N5O2/c1-4-15(19-21-16-8-5-12(2)9-17(16)22-19)23-20(26)25(3)11-14-10-18(27-24-14)13-6-7-13/h5,8-10,13,15H,4,6-7,11H2,1-3H3,(H,21,22)(H,23,26). The van der Waals surface area contributed by atoms with Gasteiger partial charge in [0.25, 0.3) is 0 Å². The predicted octanol–water partition coefficient (Wildman–Crippen LogP) is 4.03. The van der Waals surface area contributed by atoms with Crippen LogP contribution in [0.15, 0.2) is 28.8 Å². The number of carbonyl (C=O) groups excluding carboxylic acids is 1. The molecule has 1 aliphatic rings. The van der Waals surface area contributed by atoms with E-state index in [9.17, 15) is 4.79 Å². The zero-order valence-corrected chi connectivity index (χ0v) is 16.0. The third kappa shape index (κ3) is 3.82. The molecule has 0 saturated heterocycles. The number of aryl methyl sites for hydroxylation is 1. The lowest BCUT2D eigenvalue weighted by atomic mass is 10.2. The van der Waals surface area contributed by atoms with E-state index in [1.165, 1.54) is 18.4 Å². The van der Waals surface area contributed by atoms with Crippen LogP contribution in [0.4, 0.5) is 4.79 Å². The Morgan fingerprint density at radius 1 is 1.41 bits per heavy atom. The molecular formula is C20H25N5O2. The van der Waals surface area contributed by atoms with Gasteiger partial charge in [-0.3, -0.25) is 0 Å². The number of benzene rings is 1. The minimum Gasteiger partial charge on any atom is -0.361 e. The molecule has 0 bridgehead atoms. The van der Waals surface area contributed by atoms with Crippen molar-refractivity contribution in [1.82, 2.24) is 25.3 Å². The highest BCUT2D eigenvalue weighted by Gasteiger charge is 2.28. The van der Waals surface area contributed by atoms with Crippen molar-refractivity contribution in [3.8, 4) is 0 Å². The molecule has 0 aliphatic heterocycles. The second-order valence-electron chi connectivity index (χ2n) is 7.40. The molecule has 2 heterocycles. The van der Waals surface area contributed by atoms with Gasteiger partial charge < -0.3 is 19.7 Å². The Kier molecular flexibility index (Phi) is 4.59. The van der Waals surface area contributed by atoms with E-state index in [-0.39, 0.29) is 12.1 Å². The van der Waals surface area contributed by atoms with Crippen molar-refractivity contribution in [1.29, 1.82) is 0 Å². The summed E-state index contributed by atoms with van der Waals surface area (Å²) in [5.41, 5.74) is 3.85. The lowest BCUT2D eigenvalue weighted by molar-refractivity contribution is 0.200. The van der Waals surface area contributed by atoms with Crippen LogP contribution in [0.2, 0.25) is 0 Å². The number of amides is 2. The van der Waals surface area contributed by atoms with E-state index in [0.29, 0.717) is 12.5 Å². The summed E-state index contributed by atoms with van der Waals surface area (Å²) >= 11 is 0. The summed E-state index contributed by atoms with van der Waals surface area (Å²) in [7, 11) is 1.76. The van der Waals surface area contributed by atoms with Crippen molar-refractivity contribution in [3.05, 3.63) is 47.1 Å². The Bertz CT molecular complexity index is 956. The number of aromatic amines is 1. The van der Waals surface area contributed by atoms with Gasteiger partial charge in [-0.2, -0.15) is 0 Å². The van der Waals surface area contributed by atoms with Crippen molar-refractivity contribution in [2.75, 3.05) is 7.05 Å². The molecule has 2 aromatic heterocycles. The number of nitrogens with one attached hydrogen (secondary N) is 2. The smallest absolute Gasteiger partial charge is 0.318 e. The predicted molar refractivity (Wildman–Crippen MR) is 102 cm³/mol. The van der Waals surface area contributed by atoms with Crippen molar-refractivity contribution < 1.29 is 9.32 Å². The maximum Gasteiger partial charge on any atom is 0.318 e. The zero-order valence-electron chi connectivity index (χ0n) is 16.0. The Hall–Kier alpha value is -2.83. The van der Waals surface area contributed by atoms with Gasteiger partial charge in [-0.1, -0.05) is 18.1 Å². The Morgan fingerprint density at radius 2 is 2.22 bits per heavy atom. The Labute approximate surface area is 158 Å². The van der Waals surface area contributed by atoms with Crippen molar-refractivity contribution >= 4 is 17.1 Å². The highest BCUT2D eigenvalue weighted by atomic mass is 16.5. The van der Waals surface area contributed by atoms with Gasteiger partial charge in [-0.25, -0.2) is 9.78 Å². The van der Waals surface area contributed by atoms with Crippen molar-refractivity contribution in [3.63, 3.8) is 0 Å². The van der Waals surface area contributed by atoms with E-state index < -0.39 is 0 Å². The molecule has 0 radical (unpaired) electrons. The first-order chi connectivity index (χ1) is 13.0. The molecule has 142 valence electrons. The van der Waals surface area contributed by atoms with Gasteiger partial charge in [0, 0.05) is 19.0 Å². The number of H-pyrrole nitrogens is 1. The van der Waals surface area contributed by atoms with Crippen LogP contribution in [0, 0.1) is 6.92 Å². The molecule has 3 aromatic rings. The van der Waals surface area contributed by atoms with Gasteiger partial charge >= 0.3 is 6.03 Å². The summed E-state index contributed by atoms with van der Waals surface area (Å²) in [6.45, 7) is 4.49. The molecule has 1 aromatic carbocycles. The molecule has 1 aliphatic carbocycles. The number of hydrogen-bond donors (Lipinski definition) is 2. The largest absolute Gasteiger partial charge is 0.361 e. The average molecular weight is 367 g/mol. The minimum atomic E-state index is -0.174. The molecule has 7 nitrogen and oxygen atoms in total. The van der Waals surface area contributed by atoms with E-state index >= 15 is 0 Å². The normalized spacial score (nSPS) is 15.1. The van der Waals surface area contributed by atoms with Gasteiger partial charge in [-0.15, -0.1) is 0 Å². The highest BCUT2D eigenvalue weighted by molar-refractivity contribution is 5.77. The quantitative estimate of drug-likeness (QED) is 0.689. The van der Waals surface area contributed by atoms with E-state index in [4.69, 9.17) is 4.52 Å². The Balaban J connectivity index is 1.42. The topological polar surface area (TPSA) is 87.1 Å². The van der Waals surface area contributed by atoms with E-state index in [0.717, 1.165) is 34.7 Å². The number of fused-ring (bicyclic) bond motifs is 1. The number of nitrogens with zero attached hydrogens (tertiary/aromatic N) is 3. The average Bonchev–Trinajstić information content (AvgIpc) is 3.25. The molecule has 2 amide bonds. The molecule has 0 spiro atoms. The third-order valence-electron chi connectivity index (χ3n) is 4.99. The van der Waals surface area contributed by atoms with Crippen LogP contribution in [-0.4, -0.2) is 33.1 Å². The van der Waals surface area contributed by atoms with Crippen LogP contribution in [0.3, 0.4) is 0 Å². The number of imidazole rings is 1. The first kappa shape index (κ1) is 17.6. The molecule has 27 heavy (non-hydrogen) atoms. The second kappa shape index (κ2) is 7.06. The fourth-order valence-electron chi connectivity index (χ4n) is 3.21. The number of urea groups is 1. The monoisotopic (exact) mass is 367 g/mol. The van der Waals surface area contributed by atoms with Gasteiger partial charge in [-0.05, 0) is 43.9 Å². The zero-order chi connectivity index (χ0) is 19.0. The minimum absolute atomic E-state index is 0.158. The lowest BCUT2D eigenvalue weighted by Crippen LogP contribution is -2.39. The van der Waals surface area contributed by atoms with Crippen LogP contribution >= 0.6 is 0 Å². The molecule has 7 heteroatoms. The summed E-state index contributed by atoms with van der Waals surface area (Å²) in [5, 5.41) is 7.13. The van der Waals surface area contributed by atoms with E-state index in [2.05, 4.69) is 26.5 Å².